The van der Waals surface area contributed by atoms with Crippen molar-refractivity contribution in [3.8, 4) is 0 Å². The van der Waals surface area contributed by atoms with E-state index in [-0.39, 0.29) is 0 Å². The predicted octanol–water partition coefficient (Wildman–Crippen LogP) is 2.13. The Morgan fingerprint density at radius 2 is 2.20 bits per heavy atom. The van der Waals surface area contributed by atoms with Crippen LogP contribution in [0, 0.1) is 5.92 Å². The van der Waals surface area contributed by atoms with Crippen LogP contribution in [0.3, 0.4) is 0 Å². The predicted molar refractivity (Wildman–Crippen MR) is 45.1 cm³/mol. The molecule has 0 N–H and O–H groups in total. The number of rotatable bonds is 3. The fraction of sp³-hybridized carbons (Fsp3) is 1.00. The molecule has 0 unspecified atom stereocenters. The van der Waals surface area contributed by atoms with Crippen molar-refractivity contribution in [3.63, 3.8) is 0 Å². The van der Waals surface area contributed by atoms with Crippen molar-refractivity contribution >= 4 is 0 Å². The summed E-state index contributed by atoms with van der Waals surface area (Å²) in [5.41, 5.74) is 0. The second-order valence-electron chi connectivity index (χ2n) is 3.36. The maximum Gasteiger partial charge on any atom is 0.00100 e. The van der Waals surface area contributed by atoms with E-state index >= 15 is 0 Å². The fourth-order valence-electron chi connectivity index (χ4n) is 1.77. The van der Waals surface area contributed by atoms with Gasteiger partial charge in [-0.1, -0.05) is 20.3 Å². The van der Waals surface area contributed by atoms with Gasteiger partial charge in [0.05, 0.1) is 0 Å². The first kappa shape index (κ1) is 8.06. The van der Waals surface area contributed by atoms with E-state index in [0.717, 1.165) is 5.92 Å². The van der Waals surface area contributed by atoms with Gasteiger partial charge in [-0.15, -0.1) is 0 Å². The maximum absolute atomic E-state index is 2.59. The van der Waals surface area contributed by atoms with Crippen molar-refractivity contribution < 1.29 is 0 Å². The summed E-state index contributed by atoms with van der Waals surface area (Å²) in [5, 5.41) is 0. The molecule has 10 heavy (non-hydrogen) atoms. The Morgan fingerprint density at radius 1 is 1.40 bits per heavy atom. The molecular formula is C9H19N. The normalized spacial score (nSPS) is 27.6. The SMILES string of the molecule is CCCN1CC[C@H](CC)C1. The van der Waals surface area contributed by atoms with E-state index in [1.165, 1.54) is 38.9 Å². The van der Waals surface area contributed by atoms with Gasteiger partial charge in [0.1, 0.15) is 0 Å². The summed E-state index contributed by atoms with van der Waals surface area (Å²) < 4.78 is 0. The molecule has 1 aliphatic rings. The molecule has 0 aromatic heterocycles. The molecule has 1 nitrogen and oxygen atoms in total. The van der Waals surface area contributed by atoms with Crippen LogP contribution < -0.4 is 0 Å². The van der Waals surface area contributed by atoms with Crippen molar-refractivity contribution in [2.75, 3.05) is 19.6 Å². The van der Waals surface area contributed by atoms with Crippen LogP contribution in [0.1, 0.15) is 33.1 Å². The Labute approximate surface area is 64.4 Å². The van der Waals surface area contributed by atoms with Gasteiger partial charge in [-0.3, -0.25) is 0 Å². The van der Waals surface area contributed by atoms with Gasteiger partial charge in [-0.05, 0) is 31.8 Å². The highest BCUT2D eigenvalue weighted by Gasteiger charge is 2.19. The van der Waals surface area contributed by atoms with Crippen LogP contribution in [0.25, 0.3) is 0 Å². The van der Waals surface area contributed by atoms with E-state index in [0.29, 0.717) is 0 Å². The molecule has 0 aromatic rings. The van der Waals surface area contributed by atoms with Gasteiger partial charge in [-0.2, -0.15) is 0 Å². The third kappa shape index (κ3) is 1.98. The Morgan fingerprint density at radius 3 is 2.70 bits per heavy atom. The highest BCUT2D eigenvalue weighted by Crippen LogP contribution is 2.18. The highest BCUT2D eigenvalue weighted by molar-refractivity contribution is 4.73. The lowest BCUT2D eigenvalue weighted by Gasteiger charge is -2.13. The van der Waals surface area contributed by atoms with Crippen LogP contribution >= 0.6 is 0 Å². The zero-order valence-electron chi connectivity index (χ0n) is 7.27. The molecule has 1 aliphatic heterocycles. The Balaban J connectivity index is 2.15. The summed E-state index contributed by atoms with van der Waals surface area (Å²) in [7, 11) is 0. The van der Waals surface area contributed by atoms with Gasteiger partial charge < -0.3 is 4.90 Å². The molecule has 1 heteroatoms. The minimum absolute atomic E-state index is 1.01. The van der Waals surface area contributed by atoms with Gasteiger partial charge >= 0.3 is 0 Å². The van der Waals surface area contributed by atoms with E-state index < -0.39 is 0 Å². The van der Waals surface area contributed by atoms with E-state index in [1.807, 2.05) is 0 Å². The number of hydrogen-bond donors (Lipinski definition) is 0. The largest absolute Gasteiger partial charge is 0.303 e. The molecule has 0 bridgehead atoms. The van der Waals surface area contributed by atoms with Crippen molar-refractivity contribution in [2.24, 2.45) is 5.92 Å². The summed E-state index contributed by atoms with van der Waals surface area (Å²) in [6.07, 6.45) is 4.13. The first-order valence-electron chi connectivity index (χ1n) is 4.59. The Bertz CT molecular complexity index is 90.7. The van der Waals surface area contributed by atoms with E-state index in [4.69, 9.17) is 0 Å². The first-order valence-corrected chi connectivity index (χ1v) is 4.59. The van der Waals surface area contributed by atoms with Crippen LogP contribution in [-0.4, -0.2) is 24.5 Å². The number of likely N-dealkylation sites (tertiary alicyclic amines) is 1. The Kier molecular flexibility index (Phi) is 3.20. The van der Waals surface area contributed by atoms with Crippen molar-refractivity contribution in [2.45, 2.75) is 33.1 Å². The Hall–Kier alpha value is -0.0400. The number of hydrogen-bond acceptors (Lipinski definition) is 1. The highest BCUT2D eigenvalue weighted by atomic mass is 15.1. The quantitative estimate of drug-likeness (QED) is 0.582. The molecule has 0 saturated carbocycles. The van der Waals surface area contributed by atoms with Crippen LogP contribution in [0.2, 0.25) is 0 Å². The summed E-state index contributed by atoms with van der Waals surface area (Å²) >= 11 is 0. The molecule has 0 radical (unpaired) electrons. The molecule has 1 heterocycles. The maximum atomic E-state index is 2.59. The third-order valence-electron chi connectivity index (χ3n) is 2.49. The van der Waals surface area contributed by atoms with Crippen molar-refractivity contribution in [1.29, 1.82) is 0 Å². The second-order valence-corrected chi connectivity index (χ2v) is 3.36. The van der Waals surface area contributed by atoms with Gasteiger partial charge in [0.25, 0.3) is 0 Å². The smallest absolute Gasteiger partial charge is 0.00100 e. The summed E-state index contributed by atoms with van der Waals surface area (Å²) in [4.78, 5) is 2.59. The molecule has 0 spiro atoms. The summed E-state index contributed by atoms with van der Waals surface area (Å²) in [5.74, 6) is 1.01. The molecule has 60 valence electrons. The van der Waals surface area contributed by atoms with Crippen LogP contribution in [0.5, 0.6) is 0 Å². The minimum Gasteiger partial charge on any atom is -0.303 e. The average Bonchev–Trinajstić information content (AvgIpc) is 2.37. The lowest BCUT2D eigenvalue weighted by atomic mass is 10.1. The molecule has 1 fully saturated rings. The van der Waals surface area contributed by atoms with Gasteiger partial charge in [0.2, 0.25) is 0 Å². The van der Waals surface area contributed by atoms with Crippen LogP contribution in [-0.2, 0) is 0 Å². The van der Waals surface area contributed by atoms with Crippen LogP contribution in [0.15, 0.2) is 0 Å². The summed E-state index contributed by atoms with van der Waals surface area (Å²) in [6, 6.07) is 0. The van der Waals surface area contributed by atoms with E-state index in [2.05, 4.69) is 18.7 Å². The van der Waals surface area contributed by atoms with Gasteiger partial charge in [0.15, 0.2) is 0 Å². The van der Waals surface area contributed by atoms with Gasteiger partial charge in [-0.25, -0.2) is 0 Å². The van der Waals surface area contributed by atoms with E-state index in [9.17, 15) is 0 Å². The van der Waals surface area contributed by atoms with Crippen molar-refractivity contribution in [3.05, 3.63) is 0 Å². The molecular weight excluding hydrogens is 122 g/mol. The van der Waals surface area contributed by atoms with Gasteiger partial charge in [0, 0.05) is 6.54 Å². The molecule has 0 aliphatic carbocycles. The average molecular weight is 141 g/mol. The lowest BCUT2D eigenvalue weighted by molar-refractivity contribution is 0.323. The zero-order chi connectivity index (χ0) is 7.40. The standard InChI is InChI=1S/C9H19N/c1-3-6-10-7-5-9(4-2)8-10/h9H,3-8H2,1-2H3/t9-/m0/s1. The molecule has 1 saturated heterocycles. The minimum atomic E-state index is 1.01. The van der Waals surface area contributed by atoms with E-state index in [1.54, 1.807) is 0 Å². The first-order chi connectivity index (χ1) is 4.86. The number of nitrogens with zero attached hydrogens (tertiary/aromatic N) is 1. The lowest BCUT2D eigenvalue weighted by Crippen LogP contribution is -2.21. The molecule has 1 rings (SSSR count). The molecule has 0 amide bonds. The monoisotopic (exact) mass is 141 g/mol. The molecule has 1 atom stereocenters. The summed E-state index contributed by atoms with van der Waals surface area (Å²) in [6.45, 7) is 8.60. The third-order valence-corrected chi connectivity index (χ3v) is 2.49. The molecule has 0 aromatic carbocycles. The van der Waals surface area contributed by atoms with Crippen molar-refractivity contribution in [1.82, 2.24) is 4.90 Å². The zero-order valence-corrected chi connectivity index (χ0v) is 7.27. The topological polar surface area (TPSA) is 3.24 Å². The van der Waals surface area contributed by atoms with Crippen LogP contribution in [0.4, 0.5) is 0 Å². The second kappa shape index (κ2) is 3.97. The fourth-order valence-corrected chi connectivity index (χ4v) is 1.77.